The van der Waals surface area contributed by atoms with Gasteiger partial charge in [0.25, 0.3) is 0 Å². The zero-order chi connectivity index (χ0) is 12.8. The van der Waals surface area contributed by atoms with Crippen LogP contribution in [0.5, 0.6) is 0 Å². The summed E-state index contributed by atoms with van der Waals surface area (Å²) < 4.78 is 0. The first kappa shape index (κ1) is 14.1. The fraction of sp³-hybridized carbons (Fsp3) is 0.714. The maximum Gasteiger partial charge on any atom is 0.125 e. The molecule has 0 spiro atoms. The number of aryl methyl sites for hydroxylation is 2. The maximum absolute atomic E-state index is 4.51. The van der Waals surface area contributed by atoms with Gasteiger partial charge in [0.15, 0.2) is 0 Å². The lowest BCUT2D eigenvalue weighted by Gasteiger charge is -2.22. The summed E-state index contributed by atoms with van der Waals surface area (Å²) in [7, 11) is 0. The first-order chi connectivity index (χ1) is 8.02. The minimum atomic E-state index is 0.503. The van der Waals surface area contributed by atoms with Crippen molar-refractivity contribution in [2.24, 2.45) is 5.92 Å². The molecule has 96 valence electrons. The molecule has 1 rings (SSSR count). The molecular formula is C14H25N3. The molecule has 0 aliphatic heterocycles. The molecule has 1 heterocycles. The zero-order valence-electron chi connectivity index (χ0n) is 11.7. The summed E-state index contributed by atoms with van der Waals surface area (Å²) in [6.07, 6.45) is 2.16. The molecule has 0 fully saturated rings. The maximum atomic E-state index is 4.51. The van der Waals surface area contributed by atoms with E-state index in [2.05, 4.69) is 42.1 Å². The number of nitrogens with zero attached hydrogens (tertiary/aromatic N) is 2. The molecule has 1 atom stereocenters. The molecule has 1 aromatic rings. The summed E-state index contributed by atoms with van der Waals surface area (Å²) in [5.74, 6) is 1.50. The van der Waals surface area contributed by atoms with Crippen LogP contribution in [-0.4, -0.2) is 22.6 Å². The highest BCUT2D eigenvalue weighted by atomic mass is 14.9. The van der Waals surface area contributed by atoms with E-state index in [1.165, 1.54) is 6.42 Å². The Morgan fingerprint density at radius 2 is 1.94 bits per heavy atom. The predicted molar refractivity (Wildman–Crippen MR) is 72.1 cm³/mol. The van der Waals surface area contributed by atoms with Crippen LogP contribution in [0.2, 0.25) is 0 Å². The average molecular weight is 235 g/mol. The Bertz CT molecular complexity index is 327. The van der Waals surface area contributed by atoms with E-state index in [1.807, 2.05) is 13.8 Å². The van der Waals surface area contributed by atoms with Gasteiger partial charge in [0, 0.05) is 23.9 Å². The Labute approximate surface area is 105 Å². The highest BCUT2D eigenvalue weighted by molar-refractivity contribution is 5.11. The van der Waals surface area contributed by atoms with Gasteiger partial charge < -0.3 is 5.32 Å². The highest BCUT2D eigenvalue weighted by Crippen LogP contribution is 2.10. The van der Waals surface area contributed by atoms with Crippen molar-refractivity contribution in [3.63, 3.8) is 0 Å². The Kier molecular flexibility index (Phi) is 5.56. The second-order valence-corrected chi connectivity index (χ2v) is 5.06. The number of nitrogens with one attached hydrogen (secondary N) is 1. The third kappa shape index (κ3) is 4.82. The average Bonchev–Trinajstić information content (AvgIpc) is 2.22. The van der Waals surface area contributed by atoms with Crippen LogP contribution in [-0.2, 0) is 6.42 Å². The summed E-state index contributed by atoms with van der Waals surface area (Å²) in [6.45, 7) is 11.8. The van der Waals surface area contributed by atoms with Crippen LogP contribution in [0, 0.1) is 19.8 Å². The van der Waals surface area contributed by atoms with Gasteiger partial charge in [-0.05, 0) is 38.8 Å². The monoisotopic (exact) mass is 235 g/mol. The van der Waals surface area contributed by atoms with E-state index in [9.17, 15) is 0 Å². The number of aromatic nitrogens is 2. The zero-order valence-corrected chi connectivity index (χ0v) is 11.7. The Hall–Kier alpha value is -0.960. The van der Waals surface area contributed by atoms with Gasteiger partial charge >= 0.3 is 0 Å². The van der Waals surface area contributed by atoms with Crippen molar-refractivity contribution in [3.05, 3.63) is 23.3 Å². The van der Waals surface area contributed by atoms with Gasteiger partial charge in [0.2, 0.25) is 0 Å². The smallest absolute Gasteiger partial charge is 0.125 e. The Balaban J connectivity index is 2.71. The second kappa shape index (κ2) is 6.70. The molecule has 0 saturated heterocycles. The quantitative estimate of drug-likeness (QED) is 0.823. The van der Waals surface area contributed by atoms with Crippen LogP contribution in [0.15, 0.2) is 6.07 Å². The van der Waals surface area contributed by atoms with Gasteiger partial charge in [0.05, 0.1) is 0 Å². The Morgan fingerprint density at radius 1 is 1.24 bits per heavy atom. The summed E-state index contributed by atoms with van der Waals surface area (Å²) in [4.78, 5) is 8.83. The van der Waals surface area contributed by atoms with Gasteiger partial charge in [0.1, 0.15) is 5.82 Å². The van der Waals surface area contributed by atoms with E-state index >= 15 is 0 Å². The molecule has 1 N–H and O–H groups in total. The molecular weight excluding hydrogens is 210 g/mol. The van der Waals surface area contributed by atoms with Gasteiger partial charge in [-0.15, -0.1) is 0 Å². The number of rotatable bonds is 6. The SMILES string of the molecule is CCCNC(Cc1cc(C)nc(C)n1)C(C)C. The van der Waals surface area contributed by atoms with Crippen LogP contribution in [0.4, 0.5) is 0 Å². The largest absolute Gasteiger partial charge is 0.313 e. The lowest BCUT2D eigenvalue weighted by Crippen LogP contribution is -2.36. The van der Waals surface area contributed by atoms with E-state index < -0.39 is 0 Å². The van der Waals surface area contributed by atoms with Crippen molar-refractivity contribution >= 4 is 0 Å². The fourth-order valence-corrected chi connectivity index (χ4v) is 2.00. The van der Waals surface area contributed by atoms with Gasteiger partial charge in [-0.1, -0.05) is 20.8 Å². The number of hydrogen-bond donors (Lipinski definition) is 1. The van der Waals surface area contributed by atoms with Crippen LogP contribution in [0.25, 0.3) is 0 Å². The lowest BCUT2D eigenvalue weighted by molar-refractivity contribution is 0.394. The molecule has 0 aliphatic carbocycles. The third-order valence-corrected chi connectivity index (χ3v) is 2.91. The highest BCUT2D eigenvalue weighted by Gasteiger charge is 2.14. The van der Waals surface area contributed by atoms with Crippen LogP contribution in [0.3, 0.4) is 0 Å². The summed E-state index contributed by atoms with van der Waals surface area (Å²) in [5, 5.41) is 3.60. The van der Waals surface area contributed by atoms with Crippen molar-refractivity contribution in [1.29, 1.82) is 0 Å². The summed E-state index contributed by atoms with van der Waals surface area (Å²) >= 11 is 0. The van der Waals surface area contributed by atoms with Crippen LogP contribution < -0.4 is 5.32 Å². The van der Waals surface area contributed by atoms with Crippen molar-refractivity contribution in [2.45, 2.75) is 53.5 Å². The molecule has 0 bridgehead atoms. The van der Waals surface area contributed by atoms with Crippen molar-refractivity contribution in [3.8, 4) is 0 Å². The predicted octanol–water partition coefficient (Wildman–Crippen LogP) is 2.66. The summed E-state index contributed by atoms with van der Waals surface area (Å²) in [6, 6.07) is 2.60. The number of hydrogen-bond acceptors (Lipinski definition) is 3. The van der Waals surface area contributed by atoms with Gasteiger partial charge in [-0.3, -0.25) is 0 Å². The molecule has 0 radical (unpaired) electrons. The Morgan fingerprint density at radius 3 is 2.47 bits per heavy atom. The van der Waals surface area contributed by atoms with Crippen LogP contribution >= 0.6 is 0 Å². The van der Waals surface area contributed by atoms with Gasteiger partial charge in [-0.2, -0.15) is 0 Å². The van der Waals surface area contributed by atoms with E-state index in [1.54, 1.807) is 0 Å². The second-order valence-electron chi connectivity index (χ2n) is 5.06. The van der Waals surface area contributed by atoms with Gasteiger partial charge in [-0.25, -0.2) is 9.97 Å². The molecule has 0 aliphatic rings. The standard InChI is InChI=1S/C14H25N3/c1-6-7-15-14(10(2)3)9-13-8-11(4)16-12(5)17-13/h8,10,14-15H,6-7,9H2,1-5H3. The van der Waals surface area contributed by atoms with Crippen LogP contribution in [0.1, 0.15) is 44.4 Å². The molecule has 3 nitrogen and oxygen atoms in total. The molecule has 0 saturated carbocycles. The fourth-order valence-electron chi connectivity index (χ4n) is 2.00. The summed E-state index contributed by atoms with van der Waals surface area (Å²) in [5.41, 5.74) is 2.21. The molecule has 0 amide bonds. The van der Waals surface area contributed by atoms with E-state index in [4.69, 9.17) is 0 Å². The van der Waals surface area contributed by atoms with E-state index in [-0.39, 0.29) is 0 Å². The molecule has 1 unspecified atom stereocenters. The van der Waals surface area contributed by atoms with E-state index in [0.717, 1.165) is 30.2 Å². The molecule has 1 aromatic heterocycles. The molecule has 17 heavy (non-hydrogen) atoms. The lowest BCUT2D eigenvalue weighted by atomic mass is 9.98. The third-order valence-electron chi connectivity index (χ3n) is 2.91. The first-order valence-corrected chi connectivity index (χ1v) is 6.57. The molecule has 3 heteroatoms. The minimum Gasteiger partial charge on any atom is -0.313 e. The normalized spacial score (nSPS) is 13.1. The molecule has 0 aromatic carbocycles. The minimum absolute atomic E-state index is 0.503. The first-order valence-electron chi connectivity index (χ1n) is 6.57. The van der Waals surface area contributed by atoms with Crippen molar-refractivity contribution in [2.75, 3.05) is 6.54 Å². The van der Waals surface area contributed by atoms with E-state index in [0.29, 0.717) is 12.0 Å². The topological polar surface area (TPSA) is 37.8 Å². The van der Waals surface area contributed by atoms with Crippen molar-refractivity contribution in [1.82, 2.24) is 15.3 Å². The van der Waals surface area contributed by atoms with Crippen molar-refractivity contribution < 1.29 is 0 Å².